The van der Waals surface area contributed by atoms with Gasteiger partial charge >= 0.3 is 0 Å². The van der Waals surface area contributed by atoms with E-state index in [4.69, 9.17) is 0 Å². The molecular formula is C16H19N5O. The Bertz CT molecular complexity index is 729. The number of nitrogens with zero attached hydrogens (tertiary/aromatic N) is 5. The number of hydrogen-bond donors (Lipinski definition) is 0. The van der Waals surface area contributed by atoms with Gasteiger partial charge in [0.25, 0.3) is 5.56 Å². The Hall–Kier alpha value is -2.21. The van der Waals surface area contributed by atoms with Gasteiger partial charge in [0.2, 0.25) is 0 Å². The summed E-state index contributed by atoms with van der Waals surface area (Å²) in [5.41, 5.74) is 1.12. The topological polar surface area (TPSA) is 54.3 Å². The summed E-state index contributed by atoms with van der Waals surface area (Å²) in [5, 5.41) is 0. The van der Waals surface area contributed by atoms with Gasteiger partial charge in [0.15, 0.2) is 0 Å². The third-order valence-corrected chi connectivity index (χ3v) is 4.70. The van der Waals surface area contributed by atoms with E-state index in [1.54, 1.807) is 19.4 Å². The minimum absolute atomic E-state index is 0.00175. The smallest absolute Gasteiger partial charge is 0.255 e. The van der Waals surface area contributed by atoms with Crippen LogP contribution in [-0.4, -0.2) is 44.6 Å². The van der Waals surface area contributed by atoms with Crippen LogP contribution in [0.3, 0.4) is 0 Å². The zero-order chi connectivity index (χ0) is 15.1. The highest BCUT2D eigenvalue weighted by Crippen LogP contribution is 2.33. The first-order valence-corrected chi connectivity index (χ1v) is 7.64. The average molecular weight is 297 g/mol. The maximum Gasteiger partial charge on any atom is 0.255 e. The molecule has 2 bridgehead atoms. The number of piperazine rings is 1. The number of fused-ring (bicyclic) bond motifs is 2. The number of anilines is 1. The van der Waals surface area contributed by atoms with Crippen LogP contribution in [-0.2, 0) is 13.6 Å². The zero-order valence-electron chi connectivity index (χ0n) is 12.6. The molecule has 2 aromatic heterocycles. The number of aryl methyl sites for hydroxylation is 1. The molecule has 0 aromatic carbocycles. The SMILES string of the molecule is Cn1cnc(N2CC3CC2CN3Cc2ccccn2)cc1=O. The van der Waals surface area contributed by atoms with Gasteiger partial charge < -0.3 is 9.47 Å². The molecule has 2 atom stereocenters. The van der Waals surface area contributed by atoms with Crippen molar-refractivity contribution in [1.29, 1.82) is 0 Å². The highest BCUT2D eigenvalue weighted by atomic mass is 16.1. The summed E-state index contributed by atoms with van der Waals surface area (Å²) in [6.07, 6.45) is 4.60. The Labute approximate surface area is 129 Å². The third-order valence-electron chi connectivity index (χ3n) is 4.70. The highest BCUT2D eigenvalue weighted by Gasteiger charge is 2.43. The summed E-state index contributed by atoms with van der Waals surface area (Å²) in [7, 11) is 1.73. The van der Waals surface area contributed by atoms with Crippen molar-refractivity contribution in [3.05, 3.63) is 52.8 Å². The lowest BCUT2D eigenvalue weighted by Crippen LogP contribution is -2.46. The van der Waals surface area contributed by atoms with Gasteiger partial charge in [-0.1, -0.05) is 6.07 Å². The van der Waals surface area contributed by atoms with Crippen LogP contribution in [0.1, 0.15) is 12.1 Å². The van der Waals surface area contributed by atoms with E-state index < -0.39 is 0 Å². The van der Waals surface area contributed by atoms with Crippen molar-refractivity contribution in [3.63, 3.8) is 0 Å². The first-order valence-electron chi connectivity index (χ1n) is 7.64. The van der Waals surface area contributed by atoms with Gasteiger partial charge in [0.1, 0.15) is 5.82 Å². The standard InChI is InChI=1S/C16H19N5O/c1-19-11-18-15(7-16(19)22)21-10-13-6-14(21)9-20(13)8-12-4-2-3-5-17-12/h2-5,7,11,13-14H,6,8-10H2,1H3. The summed E-state index contributed by atoms with van der Waals surface area (Å²) in [6, 6.07) is 8.68. The summed E-state index contributed by atoms with van der Waals surface area (Å²) < 4.78 is 1.51. The molecule has 2 fully saturated rings. The monoisotopic (exact) mass is 297 g/mol. The predicted molar refractivity (Wildman–Crippen MR) is 83.7 cm³/mol. The van der Waals surface area contributed by atoms with E-state index in [0.717, 1.165) is 37.6 Å². The zero-order valence-corrected chi connectivity index (χ0v) is 12.6. The van der Waals surface area contributed by atoms with Crippen LogP contribution in [0, 0.1) is 0 Å². The predicted octanol–water partition coefficient (Wildman–Crippen LogP) is 0.638. The minimum Gasteiger partial charge on any atom is -0.350 e. The molecule has 6 nitrogen and oxygen atoms in total. The van der Waals surface area contributed by atoms with Crippen molar-refractivity contribution in [1.82, 2.24) is 19.4 Å². The molecule has 4 heterocycles. The Morgan fingerprint density at radius 1 is 1.23 bits per heavy atom. The van der Waals surface area contributed by atoms with Crippen LogP contribution < -0.4 is 10.5 Å². The lowest BCUT2D eigenvalue weighted by atomic mass is 10.2. The van der Waals surface area contributed by atoms with Gasteiger partial charge in [-0.3, -0.25) is 14.7 Å². The molecule has 2 saturated heterocycles. The molecule has 22 heavy (non-hydrogen) atoms. The molecule has 2 aliphatic rings. The van der Waals surface area contributed by atoms with Gasteiger partial charge in [-0.2, -0.15) is 0 Å². The van der Waals surface area contributed by atoms with Crippen molar-refractivity contribution in [3.8, 4) is 0 Å². The maximum absolute atomic E-state index is 11.8. The molecule has 6 heteroatoms. The lowest BCUT2D eigenvalue weighted by Gasteiger charge is -2.34. The molecule has 0 aliphatic carbocycles. The van der Waals surface area contributed by atoms with E-state index >= 15 is 0 Å². The minimum atomic E-state index is -0.00175. The van der Waals surface area contributed by atoms with Crippen LogP contribution in [0.25, 0.3) is 0 Å². The number of hydrogen-bond acceptors (Lipinski definition) is 5. The van der Waals surface area contributed by atoms with Gasteiger partial charge in [-0.05, 0) is 18.6 Å². The number of likely N-dealkylation sites (tertiary alicyclic amines) is 1. The third kappa shape index (κ3) is 2.29. The fourth-order valence-corrected chi connectivity index (χ4v) is 3.53. The molecule has 2 aromatic rings. The summed E-state index contributed by atoms with van der Waals surface area (Å²) >= 11 is 0. The molecular weight excluding hydrogens is 278 g/mol. The molecule has 114 valence electrons. The van der Waals surface area contributed by atoms with E-state index in [2.05, 4.69) is 25.8 Å². The Morgan fingerprint density at radius 3 is 2.82 bits per heavy atom. The molecule has 0 radical (unpaired) electrons. The van der Waals surface area contributed by atoms with Gasteiger partial charge in [0, 0.05) is 51.0 Å². The Morgan fingerprint density at radius 2 is 2.14 bits per heavy atom. The molecule has 4 rings (SSSR count). The van der Waals surface area contributed by atoms with Gasteiger partial charge in [-0.25, -0.2) is 4.98 Å². The molecule has 0 saturated carbocycles. The van der Waals surface area contributed by atoms with E-state index in [1.807, 2.05) is 18.3 Å². The summed E-state index contributed by atoms with van der Waals surface area (Å²) in [5.74, 6) is 0.813. The van der Waals surface area contributed by atoms with Crippen LogP contribution in [0.15, 0.2) is 41.6 Å². The first-order chi connectivity index (χ1) is 10.7. The highest BCUT2D eigenvalue weighted by molar-refractivity contribution is 5.42. The number of pyridine rings is 1. The van der Waals surface area contributed by atoms with Crippen molar-refractivity contribution in [2.24, 2.45) is 7.05 Å². The largest absolute Gasteiger partial charge is 0.350 e. The molecule has 2 unspecified atom stereocenters. The van der Waals surface area contributed by atoms with Crippen LogP contribution in [0.4, 0.5) is 5.82 Å². The van der Waals surface area contributed by atoms with Crippen LogP contribution in [0.2, 0.25) is 0 Å². The van der Waals surface area contributed by atoms with Crippen LogP contribution in [0.5, 0.6) is 0 Å². The second-order valence-corrected chi connectivity index (χ2v) is 6.14. The molecule has 0 N–H and O–H groups in total. The fraction of sp³-hybridized carbons (Fsp3) is 0.438. The molecule has 2 aliphatic heterocycles. The van der Waals surface area contributed by atoms with E-state index in [-0.39, 0.29) is 5.56 Å². The second-order valence-electron chi connectivity index (χ2n) is 6.14. The normalized spacial score (nSPS) is 24.1. The van der Waals surface area contributed by atoms with Gasteiger partial charge in [0.05, 0.1) is 12.0 Å². The first kappa shape index (κ1) is 13.5. The molecule has 0 amide bonds. The molecule has 0 spiro atoms. The Kier molecular flexibility index (Phi) is 3.18. The maximum atomic E-state index is 11.8. The summed E-state index contributed by atoms with van der Waals surface area (Å²) in [6.45, 7) is 2.86. The van der Waals surface area contributed by atoms with Crippen molar-refractivity contribution in [2.75, 3.05) is 18.0 Å². The fourth-order valence-electron chi connectivity index (χ4n) is 3.53. The van der Waals surface area contributed by atoms with Crippen LogP contribution >= 0.6 is 0 Å². The number of aromatic nitrogens is 3. The van der Waals surface area contributed by atoms with Crippen molar-refractivity contribution in [2.45, 2.75) is 25.0 Å². The van der Waals surface area contributed by atoms with E-state index in [1.165, 1.54) is 4.57 Å². The average Bonchev–Trinajstić information content (AvgIpc) is 3.11. The number of rotatable bonds is 3. The van der Waals surface area contributed by atoms with Crippen molar-refractivity contribution < 1.29 is 0 Å². The quantitative estimate of drug-likeness (QED) is 0.832. The van der Waals surface area contributed by atoms with E-state index in [9.17, 15) is 4.79 Å². The second kappa shape index (κ2) is 5.21. The Balaban J connectivity index is 1.47. The summed E-state index contributed by atoms with van der Waals surface area (Å²) in [4.78, 5) is 25.4. The lowest BCUT2D eigenvalue weighted by molar-refractivity contribution is 0.227. The van der Waals surface area contributed by atoms with Crippen molar-refractivity contribution >= 4 is 5.82 Å². The van der Waals surface area contributed by atoms with Gasteiger partial charge in [-0.15, -0.1) is 0 Å². The van der Waals surface area contributed by atoms with E-state index in [0.29, 0.717) is 12.1 Å².